The molecule has 0 aliphatic carbocycles. The van der Waals surface area contributed by atoms with Crippen molar-refractivity contribution in [3.63, 3.8) is 0 Å². The third-order valence-corrected chi connectivity index (χ3v) is 7.83. The minimum absolute atomic E-state index is 0.0118. The maximum absolute atomic E-state index is 12.8. The van der Waals surface area contributed by atoms with E-state index in [-0.39, 0.29) is 11.2 Å². The fraction of sp³-hybridized carbons (Fsp3) is 0.476. The Balaban J connectivity index is 1.38. The summed E-state index contributed by atoms with van der Waals surface area (Å²) in [6.45, 7) is 5.31. The normalized spacial score (nSPS) is 22.1. The Kier molecular flexibility index (Phi) is 5.67. The average Bonchev–Trinajstić information content (AvgIpc) is 3.33. The van der Waals surface area contributed by atoms with Crippen LogP contribution in [0.25, 0.3) is 0 Å². The number of likely N-dealkylation sites (tertiary alicyclic amines) is 1. The molecule has 1 saturated heterocycles. The lowest BCUT2D eigenvalue weighted by Gasteiger charge is -2.36. The molecular weight excluding hydrogens is 360 g/mol. The smallest absolute Gasteiger partial charge is 0.233 e. The van der Waals surface area contributed by atoms with Gasteiger partial charge in [-0.05, 0) is 61.3 Å². The molecule has 2 aliphatic heterocycles. The monoisotopic (exact) mass is 386 g/mol. The molecule has 26 heavy (non-hydrogen) atoms. The molecule has 0 saturated carbocycles. The van der Waals surface area contributed by atoms with E-state index in [1.54, 1.807) is 23.1 Å². The van der Waals surface area contributed by atoms with Gasteiger partial charge in [-0.3, -0.25) is 9.69 Å². The van der Waals surface area contributed by atoms with Crippen molar-refractivity contribution in [2.24, 2.45) is 5.92 Å². The highest BCUT2D eigenvalue weighted by atomic mass is 32.2. The Morgan fingerprint density at radius 3 is 2.77 bits per heavy atom. The molecule has 2 aliphatic rings. The van der Waals surface area contributed by atoms with E-state index in [1.807, 2.05) is 0 Å². The summed E-state index contributed by atoms with van der Waals surface area (Å²) >= 11 is 3.51. The van der Waals surface area contributed by atoms with Crippen LogP contribution in [0.5, 0.6) is 0 Å². The first kappa shape index (κ1) is 18.1. The maximum atomic E-state index is 12.8. The molecule has 1 amide bonds. The second-order valence-corrected chi connectivity index (χ2v) is 9.64. The number of hydrogen-bond acceptors (Lipinski definition) is 4. The lowest BCUT2D eigenvalue weighted by molar-refractivity contribution is -0.120. The Bertz CT molecular complexity index is 713. The molecule has 1 fully saturated rings. The molecule has 1 aromatic heterocycles. The Labute approximate surface area is 164 Å². The molecule has 2 atom stereocenters. The van der Waals surface area contributed by atoms with E-state index in [1.165, 1.54) is 28.2 Å². The van der Waals surface area contributed by atoms with E-state index in [0.717, 1.165) is 25.4 Å². The fourth-order valence-corrected chi connectivity index (χ4v) is 5.95. The van der Waals surface area contributed by atoms with E-state index >= 15 is 0 Å². The first-order chi connectivity index (χ1) is 12.7. The molecule has 3 heterocycles. The lowest BCUT2D eigenvalue weighted by Crippen LogP contribution is -2.43. The molecule has 0 radical (unpaired) electrons. The van der Waals surface area contributed by atoms with Crippen LogP contribution in [0.15, 0.2) is 46.7 Å². The number of amides is 1. The Morgan fingerprint density at radius 1 is 1.23 bits per heavy atom. The summed E-state index contributed by atoms with van der Waals surface area (Å²) in [5.74, 6) is 0.997. The van der Waals surface area contributed by atoms with Crippen LogP contribution in [-0.2, 0) is 11.2 Å². The van der Waals surface area contributed by atoms with Gasteiger partial charge in [-0.15, -0.1) is 23.1 Å². The van der Waals surface area contributed by atoms with Gasteiger partial charge >= 0.3 is 0 Å². The number of nitrogens with one attached hydrogen (secondary N) is 1. The van der Waals surface area contributed by atoms with Crippen LogP contribution < -0.4 is 5.32 Å². The van der Waals surface area contributed by atoms with Gasteiger partial charge in [-0.2, -0.15) is 0 Å². The predicted molar refractivity (Wildman–Crippen MR) is 110 cm³/mol. The van der Waals surface area contributed by atoms with Crippen LogP contribution in [0.2, 0.25) is 0 Å². The van der Waals surface area contributed by atoms with Gasteiger partial charge in [0.2, 0.25) is 5.91 Å². The molecule has 5 heteroatoms. The highest BCUT2D eigenvalue weighted by molar-refractivity contribution is 8.01. The average molecular weight is 387 g/mol. The second-order valence-electron chi connectivity index (χ2n) is 7.41. The highest BCUT2D eigenvalue weighted by Crippen LogP contribution is 2.37. The van der Waals surface area contributed by atoms with Crippen molar-refractivity contribution >= 4 is 29.0 Å². The van der Waals surface area contributed by atoms with Gasteiger partial charge in [-0.25, -0.2) is 0 Å². The number of thiophene rings is 1. The van der Waals surface area contributed by atoms with Gasteiger partial charge in [0.25, 0.3) is 0 Å². The quantitative estimate of drug-likeness (QED) is 0.829. The van der Waals surface area contributed by atoms with Crippen molar-refractivity contribution in [2.45, 2.75) is 42.4 Å². The third-order valence-electron chi connectivity index (χ3n) is 5.54. The number of piperidine rings is 1. The molecule has 0 spiro atoms. The van der Waals surface area contributed by atoms with Crippen molar-refractivity contribution in [2.75, 3.05) is 19.6 Å². The van der Waals surface area contributed by atoms with Crippen molar-refractivity contribution < 1.29 is 4.79 Å². The molecule has 1 N–H and O–H groups in total. The highest BCUT2D eigenvalue weighted by Gasteiger charge is 2.30. The minimum atomic E-state index is 0.0118. The van der Waals surface area contributed by atoms with Crippen LogP contribution in [0.4, 0.5) is 0 Å². The van der Waals surface area contributed by atoms with Crippen LogP contribution >= 0.6 is 23.1 Å². The number of carbonyl (C=O) groups excluding carboxylic acids is 1. The fourth-order valence-electron chi connectivity index (χ4n) is 3.87. The Hall–Kier alpha value is -1.30. The molecule has 1 aromatic carbocycles. The standard InChI is InChI=1S/C21H26N2OS2/c1-15-8-10-23(11-9-15)17(19-7-4-12-25-19)14-22-21(24)20-13-16-5-2-3-6-18(16)26-20/h2-7,12,15,17,20H,8-11,13-14H2,1H3,(H,22,24)/t17-,20+/m1/s1. The van der Waals surface area contributed by atoms with Crippen molar-refractivity contribution in [1.29, 1.82) is 0 Å². The maximum Gasteiger partial charge on any atom is 0.233 e. The van der Waals surface area contributed by atoms with Crippen LogP contribution in [-0.4, -0.2) is 35.7 Å². The number of hydrogen-bond donors (Lipinski definition) is 1. The first-order valence-electron chi connectivity index (χ1n) is 9.50. The summed E-state index contributed by atoms with van der Waals surface area (Å²) in [5, 5.41) is 5.41. The summed E-state index contributed by atoms with van der Waals surface area (Å²) in [6.07, 6.45) is 3.35. The molecule has 138 valence electrons. The number of benzene rings is 1. The van der Waals surface area contributed by atoms with Crippen LogP contribution in [0, 0.1) is 5.92 Å². The molecule has 0 unspecified atom stereocenters. The van der Waals surface area contributed by atoms with Gasteiger partial charge in [0.15, 0.2) is 0 Å². The second kappa shape index (κ2) is 8.15. The first-order valence-corrected chi connectivity index (χ1v) is 11.3. The molecule has 3 nitrogen and oxygen atoms in total. The number of thioether (sulfide) groups is 1. The van der Waals surface area contributed by atoms with Gasteiger partial charge in [0, 0.05) is 16.3 Å². The summed E-state index contributed by atoms with van der Waals surface area (Å²) in [7, 11) is 0. The van der Waals surface area contributed by atoms with Gasteiger partial charge in [-0.1, -0.05) is 31.2 Å². The van der Waals surface area contributed by atoms with Gasteiger partial charge in [0.05, 0.1) is 11.3 Å². The predicted octanol–water partition coefficient (Wildman–Crippen LogP) is 4.35. The molecule has 2 aromatic rings. The zero-order valence-corrected chi connectivity index (χ0v) is 16.8. The number of nitrogens with zero attached hydrogens (tertiary/aromatic N) is 1. The van der Waals surface area contributed by atoms with Gasteiger partial charge in [0.1, 0.15) is 0 Å². The topological polar surface area (TPSA) is 32.3 Å². The van der Waals surface area contributed by atoms with E-state index < -0.39 is 0 Å². The van der Waals surface area contributed by atoms with E-state index in [4.69, 9.17) is 0 Å². The number of rotatable bonds is 5. The van der Waals surface area contributed by atoms with Crippen molar-refractivity contribution in [1.82, 2.24) is 10.2 Å². The van der Waals surface area contributed by atoms with E-state index in [2.05, 4.69) is 58.9 Å². The Morgan fingerprint density at radius 2 is 2.04 bits per heavy atom. The zero-order chi connectivity index (χ0) is 17.9. The lowest BCUT2D eigenvalue weighted by atomic mass is 9.97. The molecular formula is C21H26N2OS2. The zero-order valence-electron chi connectivity index (χ0n) is 15.2. The number of fused-ring (bicyclic) bond motifs is 1. The van der Waals surface area contributed by atoms with Gasteiger partial charge < -0.3 is 5.32 Å². The minimum Gasteiger partial charge on any atom is -0.353 e. The summed E-state index contributed by atoms with van der Waals surface area (Å²) in [6, 6.07) is 13.0. The molecule has 4 rings (SSSR count). The van der Waals surface area contributed by atoms with Crippen LogP contribution in [0.1, 0.15) is 36.2 Å². The summed E-state index contributed by atoms with van der Waals surface area (Å²) < 4.78 is 0. The molecule has 0 bridgehead atoms. The SMILES string of the molecule is CC1CCN([C@H](CNC(=O)[C@@H]2Cc3ccccc3S2)c2cccs2)CC1. The largest absolute Gasteiger partial charge is 0.353 e. The van der Waals surface area contributed by atoms with E-state index in [9.17, 15) is 4.79 Å². The third kappa shape index (κ3) is 4.00. The van der Waals surface area contributed by atoms with Crippen LogP contribution in [0.3, 0.4) is 0 Å². The summed E-state index contributed by atoms with van der Waals surface area (Å²) in [4.78, 5) is 18.0. The van der Waals surface area contributed by atoms with Crippen molar-refractivity contribution in [3.05, 3.63) is 52.2 Å². The van der Waals surface area contributed by atoms with Crippen molar-refractivity contribution in [3.8, 4) is 0 Å². The van der Waals surface area contributed by atoms with E-state index in [0.29, 0.717) is 12.6 Å². The summed E-state index contributed by atoms with van der Waals surface area (Å²) in [5.41, 5.74) is 1.30. The number of carbonyl (C=O) groups is 1.